The van der Waals surface area contributed by atoms with E-state index >= 15 is 0 Å². The monoisotopic (exact) mass is 298 g/mol. The van der Waals surface area contributed by atoms with E-state index < -0.39 is 12.0 Å². The van der Waals surface area contributed by atoms with Crippen LogP contribution in [0.5, 0.6) is 0 Å². The number of azide groups is 1. The lowest BCUT2D eigenvalue weighted by Crippen LogP contribution is -1.97. The number of hydrogen-bond donors (Lipinski definition) is 0. The van der Waals surface area contributed by atoms with Crippen LogP contribution < -0.4 is 0 Å². The molecule has 2 aromatic heterocycles. The van der Waals surface area contributed by atoms with Gasteiger partial charge in [-0.2, -0.15) is 4.39 Å². The molecule has 4 nitrogen and oxygen atoms in total. The lowest BCUT2D eigenvalue weighted by Gasteiger charge is -2.13. The Bertz CT molecular complexity index is 852. The van der Waals surface area contributed by atoms with Crippen LogP contribution in [0.1, 0.15) is 18.5 Å². The Morgan fingerprint density at radius 1 is 1.33 bits per heavy atom. The van der Waals surface area contributed by atoms with Crippen molar-refractivity contribution in [3.63, 3.8) is 0 Å². The second-order valence-electron chi connectivity index (χ2n) is 4.62. The van der Waals surface area contributed by atoms with Crippen LogP contribution in [-0.4, -0.2) is 4.98 Å². The molecule has 0 bridgehead atoms. The SMILES string of the molecule is C[C@@H](N=[N+]=[N-])c1cnc(F)cc1-c1cccc2ccsc12. The van der Waals surface area contributed by atoms with Gasteiger partial charge in [-0.3, -0.25) is 0 Å². The minimum atomic E-state index is -0.546. The Kier molecular flexibility index (Phi) is 3.56. The molecule has 0 saturated heterocycles. The molecule has 2 heterocycles. The quantitative estimate of drug-likeness (QED) is 0.273. The van der Waals surface area contributed by atoms with Crippen LogP contribution in [0.4, 0.5) is 4.39 Å². The van der Waals surface area contributed by atoms with Crippen LogP contribution >= 0.6 is 11.3 Å². The molecule has 1 atom stereocenters. The number of fused-ring (bicyclic) bond motifs is 1. The minimum absolute atomic E-state index is 0.409. The molecule has 0 fully saturated rings. The predicted octanol–water partition coefficient (Wildman–Crippen LogP) is 5.47. The fourth-order valence-electron chi connectivity index (χ4n) is 2.35. The van der Waals surface area contributed by atoms with Crippen LogP contribution in [0.3, 0.4) is 0 Å². The van der Waals surface area contributed by atoms with Crippen LogP contribution in [0.15, 0.2) is 47.0 Å². The van der Waals surface area contributed by atoms with Crippen molar-refractivity contribution < 1.29 is 4.39 Å². The zero-order chi connectivity index (χ0) is 14.8. The highest BCUT2D eigenvalue weighted by Crippen LogP contribution is 2.36. The first-order valence-corrected chi connectivity index (χ1v) is 7.25. The Morgan fingerprint density at radius 3 is 3.00 bits per heavy atom. The van der Waals surface area contributed by atoms with Crippen molar-refractivity contribution in [3.8, 4) is 11.1 Å². The third kappa shape index (κ3) is 2.46. The summed E-state index contributed by atoms with van der Waals surface area (Å²) in [7, 11) is 0. The first-order valence-electron chi connectivity index (χ1n) is 6.37. The molecule has 6 heteroatoms. The summed E-state index contributed by atoms with van der Waals surface area (Å²) in [5.74, 6) is -0.546. The van der Waals surface area contributed by atoms with Gasteiger partial charge in [-0.05, 0) is 39.1 Å². The Morgan fingerprint density at radius 2 is 2.19 bits per heavy atom. The summed E-state index contributed by atoms with van der Waals surface area (Å²) in [6.07, 6.45) is 1.44. The van der Waals surface area contributed by atoms with Gasteiger partial charge in [-0.1, -0.05) is 30.2 Å². The molecule has 21 heavy (non-hydrogen) atoms. The third-order valence-electron chi connectivity index (χ3n) is 3.35. The molecule has 0 aliphatic carbocycles. The number of pyridine rings is 1. The van der Waals surface area contributed by atoms with E-state index in [0.717, 1.165) is 26.8 Å². The summed E-state index contributed by atoms with van der Waals surface area (Å²) in [6.45, 7) is 1.77. The lowest BCUT2D eigenvalue weighted by atomic mass is 9.97. The number of thiophene rings is 1. The van der Waals surface area contributed by atoms with Gasteiger partial charge < -0.3 is 0 Å². The molecule has 3 rings (SSSR count). The molecule has 0 radical (unpaired) electrons. The lowest BCUT2D eigenvalue weighted by molar-refractivity contribution is 0.581. The Hall–Kier alpha value is -2.43. The van der Waals surface area contributed by atoms with Crippen molar-refractivity contribution in [1.29, 1.82) is 0 Å². The normalized spacial score (nSPS) is 12.1. The molecule has 0 N–H and O–H groups in total. The summed E-state index contributed by atoms with van der Waals surface area (Å²) in [5.41, 5.74) is 11.0. The van der Waals surface area contributed by atoms with Gasteiger partial charge in [0.1, 0.15) is 0 Å². The molecule has 3 aromatic rings. The van der Waals surface area contributed by atoms with E-state index in [-0.39, 0.29) is 0 Å². The zero-order valence-electron chi connectivity index (χ0n) is 11.2. The Balaban J connectivity index is 2.28. The van der Waals surface area contributed by atoms with Crippen molar-refractivity contribution in [2.45, 2.75) is 13.0 Å². The van der Waals surface area contributed by atoms with E-state index in [4.69, 9.17) is 5.53 Å². The summed E-state index contributed by atoms with van der Waals surface area (Å²) in [4.78, 5) is 6.52. The zero-order valence-corrected chi connectivity index (χ0v) is 12.0. The smallest absolute Gasteiger partial charge is 0.213 e. The van der Waals surface area contributed by atoms with Crippen LogP contribution in [0.2, 0.25) is 0 Å². The van der Waals surface area contributed by atoms with Gasteiger partial charge in [0.2, 0.25) is 5.95 Å². The summed E-state index contributed by atoms with van der Waals surface area (Å²) in [5, 5.41) is 6.81. The van der Waals surface area contributed by atoms with Crippen molar-refractivity contribution >= 4 is 21.4 Å². The number of benzene rings is 1. The molecule has 0 unspecified atom stereocenters. The molecule has 0 amide bonds. The van der Waals surface area contributed by atoms with E-state index in [1.54, 1.807) is 18.3 Å². The topological polar surface area (TPSA) is 61.7 Å². The van der Waals surface area contributed by atoms with Gasteiger partial charge in [0.05, 0.1) is 6.04 Å². The second kappa shape index (κ2) is 5.52. The highest BCUT2D eigenvalue weighted by Gasteiger charge is 2.15. The number of aromatic nitrogens is 1. The van der Waals surface area contributed by atoms with Crippen molar-refractivity contribution in [3.05, 3.63) is 63.9 Å². The average Bonchev–Trinajstić information content (AvgIpc) is 2.95. The fraction of sp³-hybridized carbons (Fsp3) is 0.133. The number of rotatable bonds is 3. The van der Waals surface area contributed by atoms with Gasteiger partial charge in [0, 0.05) is 21.9 Å². The summed E-state index contributed by atoms with van der Waals surface area (Å²) in [6, 6.07) is 8.91. The van der Waals surface area contributed by atoms with Crippen LogP contribution in [0, 0.1) is 5.95 Å². The maximum atomic E-state index is 13.6. The molecule has 104 valence electrons. The summed E-state index contributed by atoms with van der Waals surface area (Å²) >= 11 is 1.60. The second-order valence-corrected chi connectivity index (χ2v) is 5.54. The van der Waals surface area contributed by atoms with Crippen molar-refractivity contribution in [2.24, 2.45) is 5.11 Å². The third-order valence-corrected chi connectivity index (χ3v) is 4.31. The standard InChI is InChI=1S/C15H11FN4S/c1-9(19-20-17)13-8-18-14(16)7-12(13)11-4-2-3-10-5-6-21-15(10)11/h2-9H,1H3/t9-/m1/s1. The first-order chi connectivity index (χ1) is 10.2. The van der Waals surface area contributed by atoms with Crippen LogP contribution in [-0.2, 0) is 0 Å². The van der Waals surface area contributed by atoms with Crippen molar-refractivity contribution in [1.82, 2.24) is 4.98 Å². The van der Waals surface area contributed by atoms with E-state index in [1.807, 2.05) is 29.6 Å². The maximum absolute atomic E-state index is 13.6. The molecule has 0 saturated carbocycles. The molecular formula is C15H11FN4S. The number of halogens is 1. The van der Waals surface area contributed by atoms with Gasteiger partial charge in [0.15, 0.2) is 0 Å². The number of hydrogen-bond acceptors (Lipinski definition) is 3. The van der Waals surface area contributed by atoms with Crippen LogP contribution in [0.25, 0.3) is 31.7 Å². The highest BCUT2D eigenvalue weighted by molar-refractivity contribution is 7.17. The van der Waals surface area contributed by atoms with E-state index in [0.29, 0.717) is 0 Å². The van der Waals surface area contributed by atoms with Gasteiger partial charge >= 0.3 is 0 Å². The van der Waals surface area contributed by atoms with Gasteiger partial charge in [0.25, 0.3) is 0 Å². The number of nitrogens with zero attached hydrogens (tertiary/aromatic N) is 4. The largest absolute Gasteiger partial charge is 0.228 e. The van der Waals surface area contributed by atoms with Crippen molar-refractivity contribution in [2.75, 3.05) is 0 Å². The van der Waals surface area contributed by atoms with Gasteiger partial charge in [-0.25, -0.2) is 4.98 Å². The van der Waals surface area contributed by atoms with Gasteiger partial charge in [-0.15, -0.1) is 11.3 Å². The van der Waals surface area contributed by atoms with E-state index in [1.165, 1.54) is 12.3 Å². The maximum Gasteiger partial charge on any atom is 0.213 e. The molecule has 0 aliphatic heterocycles. The van der Waals surface area contributed by atoms with E-state index in [9.17, 15) is 4.39 Å². The minimum Gasteiger partial charge on any atom is -0.228 e. The molecule has 0 aliphatic rings. The summed E-state index contributed by atoms with van der Waals surface area (Å²) < 4.78 is 14.7. The molecule has 0 spiro atoms. The highest BCUT2D eigenvalue weighted by atomic mass is 32.1. The molecule has 1 aromatic carbocycles. The molecular weight excluding hydrogens is 287 g/mol. The average molecular weight is 298 g/mol. The Labute approximate surface area is 124 Å². The fourth-order valence-corrected chi connectivity index (χ4v) is 3.28. The predicted molar refractivity (Wildman–Crippen MR) is 82.6 cm³/mol. The van der Waals surface area contributed by atoms with E-state index in [2.05, 4.69) is 15.0 Å². The first kappa shape index (κ1) is 13.5.